The highest BCUT2D eigenvalue weighted by Crippen LogP contribution is 2.32. The summed E-state index contributed by atoms with van der Waals surface area (Å²) in [5, 5.41) is 13.1. The Morgan fingerprint density at radius 1 is 1.04 bits per heavy atom. The lowest BCUT2D eigenvalue weighted by Gasteiger charge is -2.18. The van der Waals surface area contributed by atoms with Gasteiger partial charge in [-0.2, -0.15) is 5.10 Å². The summed E-state index contributed by atoms with van der Waals surface area (Å²) in [4.78, 5) is 7.13. The molecule has 5 heteroatoms. The van der Waals surface area contributed by atoms with E-state index in [1.807, 2.05) is 13.1 Å². The van der Waals surface area contributed by atoms with Gasteiger partial charge in [0.1, 0.15) is 0 Å². The average molecular weight is 343 g/mol. The van der Waals surface area contributed by atoms with E-state index in [9.17, 15) is 0 Å². The lowest BCUT2D eigenvalue weighted by atomic mass is 10.1. The van der Waals surface area contributed by atoms with Crippen LogP contribution in [0, 0.1) is 6.92 Å². The summed E-state index contributed by atoms with van der Waals surface area (Å²) < 4.78 is 0. The molecule has 1 aliphatic rings. The predicted octanol–water partition coefficient (Wildman–Crippen LogP) is 4.76. The summed E-state index contributed by atoms with van der Waals surface area (Å²) in [5.74, 6) is 0. The Morgan fingerprint density at radius 3 is 2.65 bits per heavy atom. The van der Waals surface area contributed by atoms with Crippen LogP contribution < -0.4 is 10.2 Å². The Bertz CT molecular complexity index is 1070. The van der Waals surface area contributed by atoms with Gasteiger partial charge in [0, 0.05) is 40.9 Å². The lowest BCUT2D eigenvalue weighted by molar-refractivity contribution is 0.949. The molecule has 4 aromatic rings. The van der Waals surface area contributed by atoms with Crippen molar-refractivity contribution in [1.29, 1.82) is 0 Å². The molecular weight excluding hydrogens is 322 g/mol. The van der Waals surface area contributed by atoms with E-state index in [1.54, 1.807) is 0 Å². The largest absolute Gasteiger partial charge is 0.372 e. The smallest absolute Gasteiger partial charge is 0.0765 e. The summed E-state index contributed by atoms with van der Waals surface area (Å²) in [6.07, 6.45) is 4.44. The van der Waals surface area contributed by atoms with Gasteiger partial charge in [-0.25, -0.2) is 0 Å². The molecule has 2 N–H and O–H groups in total. The number of hydrogen-bond donors (Lipinski definition) is 2. The normalized spacial score (nSPS) is 14.4. The summed E-state index contributed by atoms with van der Waals surface area (Å²) in [7, 11) is 0. The summed E-state index contributed by atoms with van der Waals surface area (Å²) >= 11 is 0. The van der Waals surface area contributed by atoms with E-state index < -0.39 is 0 Å². The molecule has 5 rings (SSSR count). The van der Waals surface area contributed by atoms with Crippen LogP contribution in [0.5, 0.6) is 0 Å². The number of aromatic nitrogens is 3. The van der Waals surface area contributed by atoms with Gasteiger partial charge < -0.3 is 10.2 Å². The van der Waals surface area contributed by atoms with Crippen molar-refractivity contribution >= 4 is 38.9 Å². The maximum atomic E-state index is 4.68. The van der Waals surface area contributed by atoms with Crippen molar-refractivity contribution in [1.82, 2.24) is 15.2 Å². The molecule has 1 fully saturated rings. The number of benzene rings is 2. The van der Waals surface area contributed by atoms with Crippen LogP contribution in [0.4, 0.5) is 17.1 Å². The first-order valence-electron chi connectivity index (χ1n) is 9.13. The first-order chi connectivity index (χ1) is 12.8. The fraction of sp³-hybridized carbons (Fsp3) is 0.238. The van der Waals surface area contributed by atoms with E-state index in [-0.39, 0.29) is 0 Å². The maximum absolute atomic E-state index is 4.68. The lowest BCUT2D eigenvalue weighted by Crippen LogP contribution is -2.17. The molecule has 0 unspecified atom stereocenters. The predicted molar refractivity (Wildman–Crippen MR) is 107 cm³/mol. The van der Waals surface area contributed by atoms with E-state index in [0.29, 0.717) is 0 Å². The van der Waals surface area contributed by atoms with Gasteiger partial charge in [0.05, 0.1) is 22.9 Å². The van der Waals surface area contributed by atoms with Gasteiger partial charge in [0.15, 0.2) is 0 Å². The van der Waals surface area contributed by atoms with Crippen molar-refractivity contribution in [3.8, 4) is 0 Å². The SMILES string of the molecule is Cc1cc(Nc2ccc(N3CCCC3)cc2)c2c(ccc3cn[nH]c32)n1. The summed E-state index contributed by atoms with van der Waals surface area (Å²) in [6.45, 7) is 4.36. The van der Waals surface area contributed by atoms with Crippen LogP contribution in [0.25, 0.3) is 21.8 Å². The molecule has 0 atom stereocenters. The molecule has 0 aliphatic carbocycles. The Labute approximate surface area is 152 Å². The Morgan fingerprint density at radius 2 is 1.85 bits per heavy atom. The van der Waals surface area contributed by atoms with E-state index in [4.69, 9.17) is 0 Å². The van der Waals surface area contributed by atoms with E-state index >= 15 is 0 Å². The number of fused-ring (bicyclic) bond motifs is 3. The highest BCUT2D eigenvalue weighted by molar-refractivity contribution is 6.10. The van der Waals surface area contributed by atoms with E-state index in [2.05, 4.69) is 67.9 Å². The molecule has 26 heavy (non-hydrogen) atoms. The molecule has 0 spiro atoms. The molecule has 5 nitrogen and oxygen atoms in total. The second-order valence-corrected chi connectivity index (χ2v) is 6.97. The molecule has 1 aliphatic heterocycles. The molecule has 0 bridgehead atoms. The molecule has 0 saturated carbocycles. The first kappa shape index (κ1) is 15.2. The number of aromatic amines is 1. The Kier molecular flexibility index (Phi) is 3.52. The van der Waals surface area contributed by atoms with Crippen molar-refractivity contribution in [2.45, 2.75) is 19.8 Å². The number of nitrogens with one attached hydrogen (secondary N) is 2. The zero-order valence-corrected chi connectivity index (χ0v) is 14.8. The van der Waals surface area contributed by atoms with Gasteiger partial charge in [0.2, 0.25) is 0 Å². The minimum Gasteiger partial charge on any atom is -0.372 e. The highest BCUT2D eigenvalue weighted by Gasteiger charge is 2.13. The fourth-order valence-electron chi connectivity index (χ4n) is 3.86. The molecule has 0 radical (unpaired) electrons. The fourth-order valence-corrected chi connectivity index (χ4v) is 3.86. The minimum absolute atomic E-state index is 0.970. The van der Waals surface area contributed by atoms with Gasteiger partial charge in [-0.3, -0.25) is 10.1 Å². The van der Waals surface area contributed by atoms with Crippen molar-refractivity contribution in [2.24, 2.45) is 0 Å². The molecule has 1 saturated heterocycles. The van der Waals surface area contributed by atoms with Crippen molar-refractivity contribution in [3.05, 3.63) is 54.4 Å². The molecule has 130 valence electrons. The standard InChI is InChI=1S/C21H21N5/c1-14-12-19(20-18(23-14)9-4-15-13-22-25-21(15)20)24-16-5-7-17(8-6-16)26-10-2-3-11-26/h4-9,12-13H,2-3,10-11H2,1H3,(H,22,25)(H,23,24). The highest BCUT2D eigenvalue weighted by atomic mass is 15.1. The van der Waals surface area contributed by atoms with Crippen molar-refractivity contribution < 1.29 is 0 Å². The number of aryl methyl sites for hydroxylation is 1. The Balaban J connectivity index is 1.55. The average Bonchev–Trinajstić information content (AvgIpc) is 3.33. The minimum atomic E-state index is 0.970. The zero-order valence-electron chi connectivity index (χ0n) is 14.8. The second-order valence-electron chi connectivity index (χ2n) is 6.97. The van der Waals surface area contributed by atoms with Crippen LogP contribution in [0.2, 0.25) is 0 Å². The van der Waals surface area contributed by atoms with Gasteiger partial charge in [0.25, 0.3) is 0 Å². The van der Waals surface area contributed by atoms with Crippen LogP contribution in [-0.4, -0.2) is 28.3 Å². The molecule has 0 amide bonds. The van der Waals surface area contributed by atoms with E-state index in [0.717, 1.165) is 38.9 Å². The third-order valence-corrected chi connectivity index (χ3v) is 5.13. The number of anilines is 3. The van der Waals surface area contributed by atoms with Crippen molar-refractivity contribution in [2.75, 3.05) is 23.3 Å². The van der Waals surface area contributed by atoms with E-state index in [1.165, 1.54) is 31.6 Å². The number of hydrogen-bond acceptors (Lipinski definition) is 4. The maximum Gasteiger partial charge on any atom is 0.0765 e. The summed E-state index contributed by atoms with van der Waals surface area (Å²) in [6, 6.07) is 14.9. The number of nitrogens with zero attached hydrogens (tertiary/aromatic N) is 3. The monoisotopic (exact) mass is 343 g/mol. The zero-order chi connectivity index (χ0) is 17.5. The van der Waals surface area contributed by atoms with Crippen molar-refractivity contribution in [3.63, 3.8) is 0 Å². The number of H-pyrrole nitrogens is 1. The van der Waals surface area contributed by atoms with Crippen LogP contribution >= 0.6 is 0 Å². The number of pyridine rings is 1. The quantitative estimate of drug-likeness (QED) is 0.563. The van der Waals surface area contributed by atoms with Crippen LogP contribution in [0.15, 0.2) is 48.7 Å². The topological polar surface area (TPSA) is 56.8 Å². The summed E-state index contributed by atoms with van der Waals surface area (Å²) in [5.41, 5.74) is 6.42. The third kappa shape index (κ3) is 2.56. The van der Waals surface area contributed by atoms with Gasteiger partial charge >= 0.3 is 0 Å². The van der Waals surface area contributed by atoms with Crippen LogP contribution in [0.1, 0.15) is 18.5 Å². The molecular formula is C21H21N5. The first-order valence-corrected chi connectivity index (χ1v) is 9.13. The Hall–Kier alpha value is -3.08. The molecule has 3 heterocycles. The third-order valence-electron chi connectivity index (χ3n) is 5.13. The van der Waals surface area contributed by atoms with Gasteiger partial charge in [-0.05, 0) is 62.2 Å². The van der Waals surface area contributed by atoms with Crippen LogP contribution in [-0.2, 0) is 0 Å². The second kappa shape index (κ2) is 6.02. The molecule has 2 aromatic heterocycles. The van der Waals surface area contributed by atoms with Gasteiger partial charge in [-0.15, -0.1) is 0 Å². The number of rotatable bonds is 3. The van der Waals surface area contributed by atoms with Gasteiger partial charge in [-0.1, -0.05) is 0 Å². The van der Waals surface area contributed by atoms with Crippen LogP contribution in [0.3, 0.4) is 0 Å². The molecule has 2 aromatic carbocycles.